The highest BCUT2D eigenvalue weighted by atomic mass is 19.4. The van der Waals surface area contributed by atoms with Crippen molar-refractivity contribution in [3.05, 3.63) is 88.4 Å². The van der Waals surface area contributed by atoms with Gasteiger partial charge in [0.05, 0.1) is 42.8 Å². The quantitative estimate of drug-likeness (QED) is 0.618. The highest BCUT2D eigenvalue weighted by Crippen LogP contribution is 2.59. The standard InChI is InChI=1S/C26H22F3N3O4/c1-35-23(33)20-19(15-6-4-3-5-7-15)18(14-30)22(31)32(21(20)24(34)36-2)17-10-8-16(9-11-17)25(12-13-25)26(27,28)29/h3-11,19H,12-13,31H2,1-2H3. The number of halogens is 3. The molecule has 2 aliphatic rings. The second kappa shape index (κ2) is 9.07. The fraction of sp³-hybridized carbons (Fsp3) is 0.269. The third-order valence-corrected chi connectivity index (χ3v) is 6.58. The highest BCUT2D eigenvalue weighted by molar-refractivity contribution is 6.06. The summed E-state index contributed by atoms with van der Waals surface area (Å²) in [6, 6.07) is 15.9. The topological polar surface area (TPSA) is 106 Å². The number of alkyl halides is 3. The minimum absolute atomic E-state index is 0.0151. The van der Waals surface area contributed by atoms with Gasteiger partial charge in [0.15, 0.2) is 0 Å². The van der Waals surface area contributed by atoms with Gasteiger partial charge in [0, 0.05) is 5.69 Å². The first-order valence-electron chi connectivity index (χ1n) is 10.9. The zero-order valence-corrected chi connectivity index (χ0v) is 19.4. The Morgan fingerprint density at radius 2 is 1.61 bits per heavy atom. The number of methoxy groups -OCH3 is 2. The average Bonchev–Trinajstić information content (AvgIpc) is 3.70. The predicted octanol–water partition coefficient (Wildman–Crippen LogP) is 4.18. The summed E-state index contributed by atoms with van der Waals surface area (Å²) in [5.74, 6) is -3.02. The molecule has 0 amide bonds. The van der Waals surface area contributed by atoms with Crippen molar-refractivity contribution in [3.63, 3.8) is 0 Å². The van der Waals surface area contributed by atoms with Gasteiger partial charge in [0.25, 0.3) is 0 Å². The minimum Gasteiger partial charge on any atom is -0.466 e. The predicted molar refractivity (Wildman–Crippen MR) is 123 cm³/mol. The lowest BCUT2D eigenvalue weighted by atomic mass is 9.81. The van der Waals surface area contributed by atoms with Crippen molar-refractivity contribution in [2.75, 3.05) is 19.1 Å². The number of benzene rings is 2. The lowest BCUT2D eigenvalue weighted by Gasteiger charge is -2.36. The molecule has 2 N–H and O–H groups in total. The number of hydrogen-bond donors (Lipinski definition) is 1. The lowest BCUT2D eigenvalue weighted by Crippen LogP contribution is -2.40. The van der Waals surface area contributed by atoms with E-state index < -0.39 is 29.4 Å². The molecule has 0 saturated heterocycles. The molecular formula is C26H22F3N3O4. The molecular weight excluding hydrogens is 475 g/mol. The molecule has 10 heteroatoms. The van der Waals surface area contributed by atoms with Crippen LogP contribution < -0.4 is 10.6 Å². The van der Waals surface area contributed by atoms with Crippen LogP contribution in [0.15, 0.2) is 77.3 Å². The number of carbonyl (C=O) groups excluding carboxylic acids is 2. The maximum atomic E-state index is 13.6. The van der Waals surface area contributed by atoms with Crippen LogP contribution in [0.25, 0.3) is 0 Å². The van der Waals surface area contributed by atoms with Crippen LogP contribution in [0.1, 0.15) is 29.9 Å². The Morgan fingerprint density at radius 1 is 1.03 bits per heavy atom. The van der Waals surface area contributed by atoms with Gasteiger partial charge in [0.2, 0.25) is 0 Å². The van der Waals surface area contributed by atoms with Gasteiger partial charge in [-0.05, 0) is 36.1 Å². The van der Waals surface area contributed by atoms with Crippen LogP contribution in [0.4, 0.5) is 18.9 Å². The number of carbonyl (C=O) groups is 2. The van der Waals surface area contributed by atoms with E-state index in [-0.39, 0.29) is 46.8 Å². The Bertz CT molecular complexity index is 1300. The number of allylic oxidation sites excluding steroid dienone is 1. The van der Waals surface area contributed by atoms with Gasteiger partial charge in [0.1, 0.15) is 11.5 Å². The molecule has 1 atom stereocenters. The van der Waals surface area contributed by atoms with E-state index in [1.165, 1.54) is 24.3 Å². The Labute approximate surface area is 205 Å². The largest absolute Gasteiger partial charge is 0.466 e. The van der Waals surface area contributed by atoms with Gasteiger partial charge in [-0.15, -0.1) is 0 Å². The van der Waals surface area contributed by atoms with Crippen molar-refractivity contribution >= 4 is 17.6 Å². The number of esters is 2. The van der Waals surface area contributed by atoms with Crippen LogP contribution >= 0.6 is 0 Å². The molecule has 4 rings (SSSR count). The fourth-order valence-electron chi connectivity index (χ4n) is 4.57. The van der Waals surface area contributed by atoms with E-state index in [0.717, 1.165) is 19.1 Å². The van der Waals surface area contributed by atoms with E-state index in [2.05, 4.69) is 0 Å². The monoisotopic (exact) mass is 497 g/mol. The van der Waals surface area contributed by atoms with Gasteiger partial charge < -0.3 is 15.2 Å². The summed E-state index contributed by atoms with van der Waals surface area (Å²) in [4.78, 5) is 27.2. The molecule has 1 aliphatic heterocycles. The van der Waals surface area contributed by atoms with Crippen LogP contribution in [-0.2, 0) is 24.5 Å². The first-order chi connectivity index (χ1) is 17.1. The third-order valence-electron chi connectivity index (χ3n) is 6.58. The van der Waals surface area contributed by atoms with Gasteiger partial charge in [-0.25, -0.2) is 9.59 Å². The molecule has 0 spiro atoms. The van der Waals surface area contributed by atoms with E-state index in [0.29, 0.717) is 5.56 Å². The lowest BCUT2D eigenvalue weighted by molar-refractivity contribution is -0.160. The molecule has 2 aromatic rings. The molecule has 1 saturated carbocycles. The molecule has 1 aliphatic carbocycles. The summed E-state index contributed by atoms with van der Waals surface area (Å²) < 4.78 is 50.7. The summed E-state index contributed by atoms with van der Waals surface area (Å²) >= 11 is 0. The third kappa shape index (κ3) is 3.86. The molecule has 7 nitrogen and oxygen atoms in total. The summed E-state index contributed by atoms with van der Waals surface area (Å²) in [6.07, 6.45) is -4.43. The van der Waals surface area contributed by atoms with Crippen LogP contribution in [0.2, 0.25) is 0 Å². The van der Waals surface area contributed by atoms with Crippen molar-refractivity contribution in [1.29, 1.82) is 5.26 Å². The second-order valence-corrected chi connectivity index (χ2v) is 8.46. The smallest absolute Gasteiger partial charge is 0.398 e. The highest BCUT2D eigenvalue weighted by Gasteiger charge is 2.64. The minimum atomic E-state index is -4.40. The number of anilines is 1. The Hall–Kier alpha value is -4.26. The van der Waals surface area contributed by atoms with Crippen LogP contribution in [0.5, 0.6) is 0 Å². The molecule has 36 heavy (non-hydrogen) atoms. The second-order valence-electron chi connectivity index (χ2n) is 8.46. The number of nitrogens with zero attached hydrogens (tertiary/aromatic N) is 2. The molecule has 0 bridgehead atoms. The molecule has 1 heterocycles. The van der Waals surface area contributed by atoms with Gasteiger partial charge in [-0.1, -0.05) is 42.5 Å². The number of hydrogen-bond acceptors (Lipinski definition) is 7. The van der Waals surface area contributed by atoms with Gasteiger partial charge in [-0.3, -0.25) is 4.90 Å². The summed E-state index contributed by atoms with van der Waals surface area (Å²) in [5, 5.41) is 10.0. The number of ether oxygens (including phenoxy) is 2. The summed E-state index contributed by atoms with van der Waals surface area (Å²) in [5.41, 5.74) is 4.75. The van der Waals surface area contributed by atoms with Gasteiger partial charge in [-0.2, -0.15) is 18.4 Å². The maximum absolute atomic E-state index is 13.6. The van der Waals surface area contributed by atoms with Crippen molar-refractivity contribution in [2.45, 2.75) is 30.4 Å². The zero-order valence-electron chi connectivity index (χ0n) is 19.4. The van der Waals surface area contributed by atoms with Crippen molar-refractivity contribution in [2.24, 2.45) is 5.73 Å². The van der Waals surface area contributed by atoms with E-state index in [1.54, 1.807) is 30.3 Å². The fourth-order valence-corrected chi connectivity index (χ4v) is 4.57. The van der Waals surface area contributed by atoms with Crippen LogP contribution in [0, 0.1) is 11.3 Å². The molecule has 1 fully saturated rings. The van der Waals surface area contributed by atoms with E-state index in [4.69, 9.17) is 15.2 Å². The van der Waals surface area contributed by atoms with Crippen LogP contribution in [0.3, 0.4) is 0 Å². The summed E-state index contributed by atoms with van der Waals surface area (Å²) in [7, 11) is 2.24. The Kier molecular flexibility index (Phi) is 6.26. The first kappa shape index (κ1) is 24.9. The van der Waals surface area contributed by atoms with E-state index in [9.17, 15) is 28.0 Å². The van der Waals surface area contributed by atoms with Crippen LogP contribution in [-0.4, -0.2) is 32.3 Å². The van der Waals surface area contributed by atoms with E-state index >= 15 is 0 Å². The normalized spacial score (nSPS) is 19.0. The average molecular weight is 497 g/mol. The maximum Gasteiger partial charge on any atom is 0.398 e. The summed E-state index contributed by atoms with van der Waals surface area (Å²) in [6.45, 7) is 0. The van der Waals surface area contributed by atoms with Crippen molar-refractivity contribution in [3.8, 4) is 6.07 Å². The Morgan fingerprint density at radius 3 is 2.08 bits per heavy atom. The Balaban J connectivity index is 1.94. The first-order valence-corrected chi connectivity index (χ1v) is 10.9. The number of rotatable bonds is 5. The zero-order chi connectivity index (χ0) is 26.3. The SMILES string of the molecule is COC(=O)C1=C(C(=O)OC)N(c2ccc(C3(C(F)(F)F)CC3)cc2)C(N)=C(C#N)C1c1ccccc1. The van der Waals surface area contributed by atoms with E-state index in [1.807, 2.05) is 6.07 Å². The molecule has 0 aromatic heterocycles. The number of nitrogens with two attached hydrogens (primary N) is 1. The number of nitriles is 1. The molecule has 0 radical (unpaired) electrons. The van der Waals surface area contributed by atoms with Gasteiger partial charge >= 0.3 is 18.1 Å². The van der Waals surface area contributed by atoms with Crippen molar-refractivity contribution in [1.82, 2.24) is 0 Å². The molecule has 2 aromatic carbocycles. The van der Waals surface area contributed by atoms with Crippen molar-refractivity contribution < 1.29 is 32.2 Å². The molecule has 186 valence electrons. The molecule has 1 unspecified atom stereocenters.